The van der Waals surface area contributed by atoms with E-state index in [1.54, 1.807) is 87.5 Å². The van der Waals surface area contributed by atoms with Crippen molar-refractivity contribution >= 4 is 80.1 Å². The fraction of sp³-hybridized carbons (Fsp3) is 0.312. The molecule has 0 spiro atoms. The second-order valence-electron chi connectivity index (χ2n) is 19.3. The lowest BCUT2D eigenvalue weighted by Gasteiger charge is -2.19. The molecule has 0 saturated carbocycles. The quantitative estimate of drug-likeness (QED) is 0.0267. The Bertz CT molecular complexity index is 3490. The smallest absolute Gasteiger partial charge is 0.322 e. The van der Waals surface area contributed by atoms with E-state index < -0.39 is 73.4 Å². The molecule has 434 valence electrons. The van der Waals surface area contributed by atoms with E-state index in [0.29, 0.717) is 90.9 Å². The monoisotopic (exact) mass is 1130 g/mol. The van der Waals surface area contributed by atoms with E-state index in [9.17, 15) is 48.6 Å². The molecule has 0 bridgehead atoms. The van der Waals surface area contributed by atoms with Crippen LogP contribution in [-0.2, 0) is 76.6 Å². The number of phenols is 2. The molecule has 0 unspecified atom stereocenters. The van der Waals surface area contributed by atoms with Crippen molar-refractivity contribution in [1.82, 2.24) is 0 Å². The van der Waals surface area contributed by atoms with Crippen molar-refractivity contribution in [3.63, 3.8) is 0 Å². The molecule has 0 saturated heterocycles. The molecule has 82 heavy (non-hydrogen) atoms. The summed E-state index contributed by atoms with van der Waals surface area (Å²) in [6.07, 6.45) is 5.34. The molecule has 6 aromatic carbocycles. The van der Waals surface area contributed by atoms with Crippen molar-refractivity contribution in [2.24, 2.45) is 0 Å². The molecule has 0 heterocycles. The normalized spacial score (nSPS) is 10.4. The third kappa shape index (κ3) is 17.8. The summed E-state index contributed by atoms with van der Waals surface area (Å²) in [7, 11) is 4.81. The van der Waals surface area contributed by atoms with Crippen molar-refractivity contribution in [3.8, 4) is 34.5 Å². The van der Waals surface area contributed by atoms with E-state index in [1.165, 1.54) is 28.4 Å². The van der Waals surface area contributed by atoms with Crippen LogP contribution in [0.15, 0.2) is 108 Å². The predicted octanol–water partition coefficient (Wildman–Crippen LogP) is 11.3. The summed E-state index contributed by atoms with van der Waals surface area (Å²) >= 11 is 0. The van der Waals surface area contributed by atoms with Gasteiger partial charge in [-0.2, -0.15) is 0 Å². The minimum absolute atomic E-state index is 0.167. The maximum atomic E-state index is 12.4. The minimum Gasteiger partial charge on any atom is -0.507 e. The Balaban J connectivity index is 0.000000267. The maximum absolute atomic E-state index is 12.4. The van der Waals surface area contributed by atoms with Crippen molar-refractivity contribution < 1.29 is 86.5 Å². The zero-order valence-corrected chi connectivity index (χ0v) is 48.5. The predicted molar refractivity (Wildman–Crippen MR) is 308 cm³/mol. The lowest BCUT2D eigenvalue weighted by Crippen LogP contribution is -2.18. The van der Waals surface area contributed by atoms with E-state index in [2.05, 4.69) is 18.9 Å². The first-order valence-corrected chi connectivity index (χ1v) is 25.9. The molecule has 0 fully saturated rings. The SMILES string of the molecule is COC(=O)CC(=O)Oc1c(C)c(CC=C(C)C)c(O)c2ccccc12.COC(=O)CC(=O)Oc1c(C)c(CC=C(C)C)c(OC(=O)CC(=O)OC)c2ccccc12.COC(=O)CC(=O)Oc1c(CC=C(C)C)c(C)c(O)c2ccccc12. The highest BCUT2D eigenvalue weighted by molar-refractivity contribution is 6.03. The molecule has 6 aromatic rings. The highest BCUT2D eigenvalue weighted by Gasteiger charge is 2.26. The number of aromatic hydroxyl groups is 2. The second-order valence-corrected chi connectivity index (χ2v) is 19.3. The number of carbonyl (C=O) groups excluding carboxylic acids is 8. The van der Waals surface area contributed by atoms with E-state index >= 15 is 0 Å². The molecule has 6 rings (SSSR count). The Kier molecular flexibility index (Phi) is 24.6. The first-order valence-electron chi connectivity index (χ1n) is 25.9. The van der Waals surface area contributed by atoms with Gasteiger partial charge in [-0.3, -0.25) is 38.4 Å². The van der Waals surface area contributed by atoms with Gasteiger partial charge in [0.15, 0.2) is 0 Å². The Morgan fingerprint density at radius 2 is 0.585 bits per heavy atom. The molecule has 2 N–H and O–H groups in total. The summed E-state index contributed by atoms with van der Waals surface area (Å²) in [5.41, 5.74) is 7.19. The van der Waals surface area contributed by atoms with Gasteiger partial charge >= 0.3 is 47.8 Å². The largest absolute Gasteiger partial charge is 0.507 e. The van der Waals surface area contributed by atoms with Gasteiger partial charge in [0.2, 0.25) is 0 Å². The average Bonchev–Trinajstić information content (AvgIpc) is 3.43. The zero-order chi connectivity index (χ0) is 61.0. The highest BCUT2D eigenvalue weighted by Crippen LogP contribution is 2.44. The third-order valence-corrected chi connectivity index (χ3v) is 12.6. The number of phenolic OH excluding ortho intramolecular Hbond substituents is 2. The lowest BCUT2D eigenvalue weighted by atomic mass is 9.95. The molecule has 0 aliphatic heterocycles. The summed E-state index contributed by atoms with van der Waals surface area (Å²) in [6, 6.07) is 21.2. The van der Waals surface area contributed by atoms with E-state index in [-0.39, 0.29) is 23.0 Å². The molecule has 0 atom stereocenters. The Labute approximate surface area is 476 Å². The Hall–Kier alpha value is -9.32. The minimum atomic E-state index is -0.770. The summed E-state index contributed by atoms with van der Waals surface area (Å²) in [6.45, 7) is 17.1. The second kappa shape index (κ2) is 30.9. The van der Waals surface area contributed by atoms with Crippen LogP contribution in [0.4, 0.5) is 0 Å². The zero-order valence-electron chi connectivity index (χ0n) is 48.5. The fourth-order valence-electron chi connectivity index (χ4n) is 8.20. The molecule has 0 radical (unpaired) electrons. The number of esters is 8. The number of ether oxygens (including phenoxy) is 8. The number of methoxy groups -OCH3 is 4. The first kappa shape index (κ1) is 65.2. The first-order chi connectivity index (χ1) is 38.9. The maximum Gasteiger partial charge on any atom is 0.322 e. The van der Waals surface area contributed by atoms with Crippen LogP contribution in [0, 0.1) is 20.8 Å². The summed E-state index contributed by atoms with van der Waals surface area (Å²) in [5, 5.41) is 24.6. The van der Waals surface area contributed by atoms with E-state index in [1.807, 2.05) is 65.8 Å². The topological polar surface area (TPSA) is 251 Å². The van der Waals surface area contributed by atoms with Crippen molar-refractivity contribution in [3.05, 3.63) is 141 Å². The van der Waals surface area contributed by atoms with Crippen molar-refractivity contribution in [2.45, 2.75) is 107 Å². The Morgan fingerprint density at radius 3 is 0.915 bits per heavy atom. The van der Waals surface area contributed by atoms with Gasteiger partial charge in [-0.05, 0) is 98.3 Å². The number of fused-ring (bicyclic) bond motifs is 3. The van der Waals surface area contributed by atoms with Crippen LogP contribution >= 0.6 is 0 Å². The molecule has 18 heteroatoms. The van der Waals surface area contributed by atoms with Crippen LogP contribution in [0.25, 0.3) is 32.3 Å². The number of rotatable bonds is 18. The number of allylic oxidation sites excluding steroid dienone is 6. The van der Waals surface area contributed by atoms with Crippen LogP contribution in [-0.4, -0.2) is 86.4 Å². The van der Waals surface area contributed by atoms with Gasteiger partial charge in [-0.1, -0.05) is 108 Å². The van der Waals surface area contributed by atoms with Gasteiger partial charge in [-0.15, -0.1) is 0 Å². The molecule has 0 aliphatic rings. The molecular formula is C64H70O18. The number of hydrogen-bond acceptors (Lipinski definition) is 18. The van der Waals surface area contributed by atoms with Gasteiger partial charge < -0.3 is 48.1 Å². The van der Waals surface area contributed by atoms with Gasteiger partial charge in [0.05, 0.1) is 28.4 Å². The Morgan fingerprint density at radius 1 is 0.341 bits per heavy atom. The summed E-state index contributed by atoms with van der Waals surface area (Å²) in [4.78, 5) is 94.4. The standard InChI is InChI=1S/C24H26O8.2C20H22O5/c1-14(2)10-11-16-15(3)23(31-21(27)12-19(25)29-4)17-8-6-7-9-18(17)24(16)32-22(28)13-20(26)30-5;1-12(2)9-10-14-13(3)20(25-18(22)11-17(21)24-4)16-8-6-5-7-15(16)19(14)23;1-12(2)9-10-14-13(3)19(23)15-7-5-6-8-16(15)20(14)25-18(22)11-17(21)24-4/h6-10H,11-13H2,1-5H3;2*5-9,23H,10-11H2,1-4H3. The van der Waals surface area contributed by atoms with Crippen molar-refractivity contribution in [1.29, 1.82) is 0 Å². The van der Waals surface area contributed by atoms with E-state index in [0.717, 1.165) is 22.3 Å². The van der Waals surface area contributed by atoms with Gasteiger partial charge in [0.25, 0.3) is 0 Å². The van der Waals surface area contributed by atoms with E-state index in [4.69, 9.17) is 18.9 Å². The number of benzene rings is 6. The van der Waals surface area contributed by atoms with Crippen LogP contribution in [0.3, 0.4) is 0 Å². The molecule has 0 aromatic heterocycles. The summed E-state index contributed by atoms with van der Waals surface area (Å²) < 4.78 is 40.2. The number of carbonyl (C=O) groups is 8. The van der Waals surface area contributed by atoms with Crippen LogP contribution in [0.5, 0.6) is 34.5 Å². The molecule has 0 aliphatic carbocycles. The van der Waals surface area contributed by atoms with Gasteiger partial charge in [-0.25, -0.2) is 0 Å². The number of hydrogen-bond donors (Lipinski definition) is 2. The van der Waals surface area contributed by atoms with Crippen molar-refractivity contribution in [2.75, 3.05) is 28.4 Å². The molecule has 18 nitrogen and oxygen atoms in total. The summed E-state index contributed by atoms with van der Waals surface area (Å²) in [5.74, 6) is -4.05. The lowest BCUT2D eigenvalue weighted by molar-refractivity contribution is -0.150. The fourth-order valence-corrected chi connectivity index (χ4v) is 8.20. The highest BCUT2D eigenvalue weighted by atomic mass is 16.6. The molecular weight excluding hydrogens is 1060 g/mol. The average molecular weight is 1130 g/mol. The van der Waals surface area contributed by atoms with Crippen LogP contribution < -0.4 is 18.9 Å². The van der Waals surface area contributed by atoms with Gasteiger partial charge in [0.1, 0.15) is 60.2 Å². The van der Waals surface area contributed by atoms with Crippen LogP contribution in [0.2, 0.25) is 0 Å². The third-order valence-electron chi connectivity index (χ3n) is 12.6. The van der Waals surface area contributed by atoms with Crippen LogP contribution in [0.1, 0.15) is 101 Å². The van der Waals surface area contributed by atoms with Gasteiger partial charge in [0, 0.05) is 49.0 Å². The molecule has 0 amide bonds.